The summed E-state index contributed by atoms with van der Waals surface area (Å²) in [7, 11) is 0. The summed E-state index contributed by atoms with van der Waals surface area (Å²) in [6, 6.07) is 4.04. The summed E-state index contributed by atoms with van der Waals surface area (Å²) in [5, 5.41) is 1.05. The molecule has 0 spiro atoms. The molecule has 0 aliphatic carbocycles. The van der Waals surface area contributed by atoms with Crippen molar-refractivity contribution in [2.75, 3.05) is 0 Å². The van der Waals surface area contributed by atoms with Crippen molar-refractivity contribution in [3.8, 4) is 0 Å². The highest BCUT2D eigenvalue weighted by atomic mass is 35.5. The molecule has 0 saturated heterocycles. The zero-order chi connectivity index (χ0) is 14.3. The molecule has 20 heavy (non-hydrogen) atoms. The van der Waals surface area contributed by atoms with Crippen molar-refractivity contribution < 1.29 is 0 Å². The molecule has 4 nitrogen and oxygen atoms in total. The van der Waals surface area contributed by atoms with Gasteiger partial charge in [-0.25, -0.2) is 15.0 Å². The van der Waals surface area contributed by atoms with Crippen LogP contribution in [-0.2, 0) is 5.88 Å². The smallest absolute Gasteiger partial charge is 0.160 e. The number of imidazole rings is 1. The summed E-state index contributed by atoms with van der Waals surface area (Å²) in [6.45, 7) is 6.15. The Morgan fingerprint density at radius 3 is 2.75 bits per heavy atom. The number of aryl methyl sites for hydroxylation is 2. The van der Waals surface area contributed by atoms with Crippen molar-refractivity contribution in [1.82, 2.24) is 19.5 Å². The zero-order valence-corrected chi connectivity index (χ0v) is 13.2. The van der Waals surface area contributed by atoms with Gasteiger partial charge in [-0.1, -0.05) is 0 Å². The van der Waals surface area contributed by atoms with Gasteiger partial charge in [0.1, 0.15) is 16.3 Å². The van der Waals surface area contributed by atoms with Crippen LogP contribution in [0.5, 0.6) is 0 Å². The summed E-state index contributed by atoms with van der Waals surface area (Å²) in [6.07, 6.45) is 1.90. The Labute approximate surface area is 126 Å². The largest absolute Gasteiger partial charge is 0.302 e. The van der Waals surface area contributed by atoms with Crippen LogP contribution < -0.4 is 0 Å². The quantitative estimate of drug-likeness (QED) is 0.690. The first-order valence-electron chi connectivity index (χ1n) is 6.43. The maximum absolute atomic E-state index is 6.05. The highest BCUT2D eigenvalue weighted by molar-refractivity contribution is 7.11. The molecule has 0 radical (unpaired) electrons. The topological polar surface area (TPSA) is 43.6 Å². The molecule has 0 N–H and O–H groups in total. The molecule has 0 amide bonds. The first kappa shape index (κ1) is 13.5. The molecule has 3 heterocycles. The Balaban J connectivity index is 2.20. The van der Waals surface area contributed by atoms with Gasteiger partial charge < -0.3 is 4.57 Å². The minimum absolute atomic E-state index is 0.0850. The van der Waals surface area contributed by atoms with Crippen molar-refractivity contribution in [2.24, 2.45) is 0 Å². The number of alkyl halides is 1. The molecule has 6 heteroatoms. The van der Waals surface area contributed by atoms with E-state index < -0.39 is 0 Å². The average molecular weight is 307 g/mol. The van der Waals surface area contributed by atoms with Gasteiger partial charge in [-0.3, -0.25) is 0 Å². The van der Waals surface area contributed by atoms with Crippen molar-refractivity contribution in [2.45, 2.75) is 32.7 Å². The van der Waals surface area contributed by atoms with Crippen LogP contribution in [0.3, 0.4) is 0 Å². The summed E-state index contributed by atoms with van der Waals surface area (Å²) in [4.78, 5) is 14.9. The fourth-order valence-electron chi connectivity index (χ4n) is 2.29. The van der Waals surface area contributed by atoms with Gasteiger partial charge in [0.05, 0.1) is 11.9 Å². The van der Waals surface area contributed by atoms with Crippen LogP contribution in [0.4, 0.5) is 0 Å². The predicted molar refractivity (Wildman–Crippen MR) is 82.5 cm³/mol. The van der Waals surface area contributed by atoms with Gasteiger partial charge in [0.15, 0.2) is 5.65 Å². The van der Waals surface area contributed by atoms with Gasteiger partial charge in [-0.05, 0) is 32.9 Å². The fraction of sp³-hybridized carbons (Fsp3) is 0.357. The lowest BCUT2D eigenvalue weighted by Crippen LogP contribution is -2.10. The van der Waals surface area contributed by atoms with Crippen LogP contribution in [0.25, 0.3) is 11.2 Å². The number of halogens is 1. The third-order valence-electron chi connectivity index (χ3n) is 3.25. The standard InChI is InChI=1S/C14H15ClN4S/c1-8-4-5-11-13(17-8)19(12(6-15)18-11)10(3)14-16-7-9(2)20-14/h4-5,7,10H,6H2,1-3H3. The maximum atomic E-state index is 6.05. The van der Waals surface area contributed by atoms with Crippen molar-refractivity contribution in [1.29, 1.82) is 0 Å². The molecule has 3 aromatic heterocycles. The second kappa shape index (κ2) is 5.14. The van der Waals surface area contributed by atoms with Gasteiger partial charge in [0.2, 0.25) is 0 Å². The average Bonchev–Trinajstić information content (AvgIpc) is 3.01. The number of aromatic nitrogens is 4. The molecular weight excluding hydrogens is 292 g/mol. The summed E-state index contributed by atoms with van der Waals surface area (Å²) in [5.41, 5.74) is 2.73. The molecule has 0 fully saturated rings. The van der Waals surface area contributed by atoms with E-state index >= 15 is 0 Å². The Hall–Kier alpha value is -1.46. The van der Waals surface area contributed by atoms with E-state index in [-0.39, 0.29) is 6.04 Å². The lowest BCUT2D eigenvalue weighted by molar-refractivity contribution is 0.624. The summed E-state index contributed by atoms with van der Waals surface area (Å²) < 4.78 is 2.09. The Morgan fingerprint density at radius 1 is 1.30 bits per heavy atom. The third kappa shape index (κ3) is 2.21. The Morgan fingerprint density at radius 2 is 2.10 bits per heavy atom. The normalized spacial score (nSPS) is 13.0. The van der Waals surface area contributed by atoms with Crippen LogP contribution in [0.1, 0.15) is 34.4 Å². The Bertz CT molecular complexity index is 762. The monoisotopic (exact) mass is 306 g/mol. The fourth-order valence-corrected chi connectivity index (χ4v) is 3.30. The molecule has 0 bridgehead atoms. The van der Waals surface area contributed by atoms with E-state index in [2.05, 4.69) is 33.4 Å². The molecule has 0 aromatic carbocycles. The molecule has 3 rings (SSSR count). The lowest BCUT2D eigenvalue weighted by Gasteiger charge is -2.14. The lowest BCUT2D eigenvalue weighted by atomic mass is 10.3. The molecule has 1 atom stereocenters. The van der Waals surface area contributed by atoms with Crippen LogP contribution in [0.2, 0.25) is 0 Å². The number of pyridine rings is 1. The minimum atomic E-state index is 0.0850. The van der Waals surface area contributed by atoms with Gasteiger partial charge >= 0.3 is 0 Å². The third-order valence-corrected chi connectivity index (χ3v) is 4.57. The number of hydrogen-bond acceptors (Lipinski definition) is 4. The zero-order valence-electron chi connectivity index (χ0n) is 11.6. The molecule has 104 valence electrons. The minimum Gasteiger partial charge on any atom is -0.302 e. The van der Waals surface area contributed by atoms with Gasteiger partial charge in [0.25, 0.3) is 0 Å². The number of fused-ring (bicyclic) bond motifs is 1. The van der Waals surface area contributed by atoms with Gasteiger partial charge in [-0.15, -0.1) is 22.9 Å². The van der Waals surface area contributed by atoms with E-state index in [1.54, 1.807) is 11.3 Å². The first-order valence-corrected chi connectivity index (χ1v) is 7.78. The van der Waals surface area contributed by atoms with E-state index in [9.17, 15) is 0 Å². The predicted octanol–water partition coefficient (Wildman–Crippen LogP) is 3.85. The first-order chi connectivity index (χ1) is 9.60. The highest BCUT2D eigenvalue weighted by Gasteiger charge is 2.19. The molecular formula is C14H15ClN4S. The number of nitrogens with zero attached hydrogens (tertiary/aromatic N) is 4. The van der Waals surface area contributed by atoms with E-state index in [1.807, 2.05) is 25.3 Å². The maximum Gasteiger partial charge on any atom is 0.160 e. The van der Waals surface area contributed by atoms with E-state index in [0.29, 0.717) is 5.88 Å². The van der Waals surface area contributed by atoms with Gasteiger partial charge in [-0.2, -0.15) is 0 Å². The van der Waals surface area contributed by atoms with E-state index in [0.717, 1.165) is 27.7 Å². The molecule has 0 aliphatic heterocycles. The SMILES string of the molecule is Cc1ccc2nc(CCl)n(C(C)c3ncc(C)s3)c2n1. The highest BCUT2D eigenvalue weighted by Crippen LogP contribution is 2.28. The second-order valence-corrected chi connectivity index (χ2v) is 6.35. The molecule has 3 aromatic rings. The molecule has 1 unspecified atom stereocenters. The van der Waals surface area contributed by atoms with E-state index in [4.69, 9.17) is 11.6 Å². The van der Waals surface area contributed by atoms with Crippen LogP contribution in [0, 0.1) is 13.8 Å². The summed E-state index contributed by atoms with van der Waals surface area (Å²) in [5.74, 6) is 1.20. The van der Waals surface area contributed by atoms with Crippen LogP contribution in [-0.4, -0.2) is 19.5 Å². The number of hydrogen-bond donors (Lipinski definition) is 0. The van der Waals surface area contributed by atoms with Gasteiger partial charge in [0, 0.05) is 16.8 Å². The molecule has 0 saturated carbocycles. The van der Waals surface area contributed by atoms with Crippen molar-refractivity contribution in [3.05, 3.63) is 39.7 Å². The number of thiazole rings is 1. The van der Waals surface area contributed by atoms with Crippen LogP contribution >= 0.6 is 22.9 Å². The summed E-state index contributed by atoms with van der Waals surface area (Å²) >= 11 is 7.75. The van der Waals surface area contributed by atoms with Crippen molar-refractivity contribution >= 4 is 34.1 Å². The molecule has 0 aliphatic rings. The second-order valence-electron chi connectivity index (χ2n) is 4.81. The Kier molecular flexibility index (Phi) is 3.48. The number of rotatable bonds is 3. The van der Waals surface area contributed by atoms with Crippen LogP contribution in [0.15, 0.2) is 18.3 Å². The van der Waals surface area contributed by atoms with Crippen molar-refractivity contribution in [3.63, 3.8) is 0 Å². The van der Waals surface area contributed by atoms with E-state index in [1.165, 1.54) is 4.88 Å².